The highest BCUT2D eigenvalue weighted by Gasteiger charge is 2.11. The second-order valence-electron chi connectivity index (χ2n) is 2.72. The van der Waals surface area contributed by atoms with Gasteiger partial charge in [-0.05, 0) is 0 Å². The predicted molar refractivity (Wildman–Crippen MR) is 50.1 cm³/mol. The third kappa shape index (κ3) is 2.90. The second kappa shape index (κ2) is 5.01. The minimum absolute atomic E-state index is 0.249. The summed E-state index contributed by atoms with van der Waals surface area (Å²) in [6.07, 6.45) is -0.703. The lowest BCUT2D eigenvalue weighted by atomic mass is 10.2. The molecule has 4 heteroatoms. The number of carbonyl (C=O) groups excluding carboxylic acids is 2. The van der Waals surface area contributed by atoms with Gasteiger partial charge in [0.1, 0.15) is 0 Å². The molecule has 14 heavy (non-hydrogen) atoms. The summed E-state index contributed by atoms with van der Waals surface area (Å²) in [5.74, 6) is -0.249. The molecule has 74 valence electrons. The normalized spacial score (nSPS) is 11.5. The topological polar surface area (TPSA) is 55.4 Å². The fraction of sp³-hybridized carbons (Fsp3) is 0.200. The monoisotopic (exact) mass is 193 g/mol. The number of nitrogens with one attached hydrogen (secondary N) is 1. The molecule has 1 aromatic carbocycles. The van der Waals surface area contributed by atoms with Crippen molar-refractivity contribution in [2.45, 2.75) is 13.2 Å². The number of carbonyl (C=O) groups is 2. The molecule has 0 bridgehead atoms. The van der Waals surface area contributed by atoms with Gasteiger partial charge in [0, 0.05) is 12.5 Å². The summed E-state index contributed by atoms with van der Waals surface area (Å²) >= 11 is 0. The van der Waals surface area contributed by atoms with Crippen molar-refractivity contribution < 1.29 is 14.3 Å². The van der Waals surface area contributed by atoms with Crippen molar-refractivity contribution in [3.63, 3.8) is 0 Å². The molecule has 0 spiro atoms. The van der Waals surface area contributed by atoms with Crippen LogP contribution in [0, 0.1) is 0 Å². The second-order valence-corrected chi connectivity index (χ2v) is 2.72. The van der Waals surface area contributed by atoms with Crippen LogP contribution in [-0.2, 0) is 14.3 Å². The highest BCUT2D eigenvalue weighted by atomic mass is 16.5. The lowest BCUT2D eigenvalue weighted by Crippen LogP contribution is -2.27. The Bertz CT molecular complexity index is 310. The summed E-state index contributed by atoms with van der Waals surface area (Å²) in [7, 11) is 0. The molecule has 1 rings (SSSR count). The predicted octanol–water partition coefficient (Wildman–Crippen LogP) is 0.994. The fourth-order valence-corrected chi connectivity index (χ4v) is 1.06. The van der Waals surface area contributed by atoms with Crippen molar-refractivity contribution in [3.8, 4) is 0 Å². The van der Waals surface area contributed by atoms with Crippen molar-refractivity contribution in [3.05, 3.63) is 35.9 Å². The number of ether oxygens (including phenoxy) is 1. The first-order chi connectivity index (χ1) is 6.74. The van der Waals surface area contributed by atoms with Crippen molar-refractivity contribution in [1.29, 1.82) is 0 Å². The number of benzene rings is 1. The smallest absolute Gasteiger partial charge is 0.295 e. The Morgan fingerprint density at radius 2 is 2.07 bits per heavy atom. The van der Waals surface area contributed by atoms with E-state index in [4.69, 9.17) is 4.74 Å². The lowest BCUT2D eigenvalue weighted by Gasteiger charge is -2.15. The molecule has 0 aliphatic heterocycles. The summed E-state index contributed by atoms with van der Waals surface area (Å²) in [4.78, 5) is 21.0. The van der Waals surface area contributed by atoms with E-state index in [9.17, 15) is 9.59 Å². The minimum Gasteiger partial charge on any atom is -0.439 e. The molecule has 1 N–H and O–H groups in total. The van der Waals surface area contributed by atoms with E-state index in [1.807, 2.05) is 6.07 Å². The fourth-order valence-electron chi connectivity index (χ4n) is 1.06. The van der Waals surface area contributed by atoms with E-state index in [2.05, 4.69) is 5.32 Å². The van der Waals surface area contributed by atoms with E-state index < -0.39 is 6.23 Å². The van der Waals surface area contributed by atoms with Crippen LogP contribution in [0.25, 0.3) is 0 Å². The molecule has 0 saturated heterocycles. The van der Waals surface area contributed by atoms with Crippen LogP contribution in [0.15, 0.2) is 30.3 Å². The van der Waals surface area contributed by atoms with Crippen LogP contribution in [-0.4, -0.2) is 12.4 Å². The third-order valence-electron chi connectivity index (χ3n) is 1.63. The Hall–Kier alpha value is -1.84. The van der Waals surface area contributed by atoms with Gasteiger partial charge in [0.2, 0.25) is 12.1 Å². The Balaban J connectivity index is 2.77. The Morgan fingerprint density at radius 3 is 2.57 bits per heavy atom. The number of hydrogen-bond donors (Lipinski definition) is 1. The summed E-state index contributed by atoms with van der Waals surface area (Å²) in [5, 5.41) is 2.50. The van der Waals surface area contributed by atoms with Crippen molar-refractivity contribution in [2.75, 3.05) is 0 Å². The first-order valence-corrected chi connectivity index (χ1v) is 4.15. The molecule has 4 nitrogen and oxygen atoms in total. The molecule has 0 heterocycles. The van der Waals surface area contributed by atoms with E-state index >= 15 is 0 Å². The first kappa shape index (κ1) is 10.2. The quantitative estimate of drug-likeness (QED) is 0.573. The van der Waals surface area contributed by atoms with E-state index in [1.54, 1.807) is 24.3 Å². The van der Waals surface area contributed by atoms with Gasteiger partial charge < -0.3 is 10.1 Å². The third-order valence-corrected chi connectivity index (χ3v) is 1.63. The van der Waals surface area contributed by atoms with Gasteiger partial charge in [-0.25, -0.2) is 0 Å². The minimum atomic E-state index is -0.703. The molecule has 0 aliphatic carbocycles. The van der Waals surface area contributed by atoms with Gasteiger partial charge >= 0.3 is 0 Å². The van der Waals surface area contributed by atoms with Crippen LogP contribution in [0.1, 0.15) is 18.7 Å². The highest BCUT2D eigenvalue weighted by molar-refractivity contribution is 5.73. The number of amides is 1. The molecule has 0 radical (unpaired) electrons. The van der Waals surface area contributed by atoms with Crippen LogP contribution in [0.4, 0.5) is 0 Å². The van der Waals surface area contributed by atoms with Gasteiger partial charge in [-0.3, -0.25) is 9.59 Å². The summed E-state index contributed by atoms with van der Waals surface area (Å²) in [6.45, 7) is 1.68. The molecule has 1 amide bonds. The summed E-state index contributed by atoms with van der Waals surface area (Å²) in [6, 6.07) is 8.99. The summed E-state index contributed by atoms with van der Waals surface area (Å²) in [5.41, 5.74) is 0.731. The first-order valence-electron chi connectivity index (χ1n) is 4.15. The Kier molecular flexibility index (Phi) is 3.67. The van der Waals surface area contributed by atoms with E-state index in [-0.39, 0.29) is 5.91 Å². The standard InChI is InChI=1S/C10H11NO3/c1-8(13)11-10(14-7-12)9-5-3-2-4-6-9/h2-7,10H,1H3,(H,11,13). The Labute approximate surface area is 81.9 Å². The van der Waals surface area contributed by atoms with Crippen molar-refractivity contribution >= 4 is 12.4 Å². The van der Waals surface area contributed by atoms with Gasteiger partial charge in [-0.15, -0.1) is 0 Å². The van der Waals surface area contributed by atoms with Crippen molar-refractivity contribution in [1.82, 2.24) is 5.32 Å². The van der Waals surface area contributed by atoms with E-state index in [1.165, 1.54) is 6.92 Å². The largest absolute Gasteiger partial charge is 0.439 e. The average molecular weight is 193 g/mol. The number of rotatable bonds is 4. The van der Waals surface area contributed by atoms with Crippen LogP contribution < -0.4 is 5.32 Å². The number of hydrogen-bond acceptors (Lipinski definition) is 3. The lowest BCUT2D eigenvalue weighted by molar-refractivity contribution is -0.138. The van der Waals surface area contributed by atoms with Gasteiger partial charge in [-0.1, -0.05) is 30.3 Å². The molecule has 0 aromatic heterocycles. The molecular formula is C10H11NO3. The maximum atomic E-state index is 10.8. The van der Waals surface area contributed by atoms with Gasteiger partial charge in [0.25, 0.3) is 6.47 Å². The van der Waals surface area contributed by atoms with E-state index in [0.29, 0.717) is 6.47 Å². The van der Waals surface area contributed by atoms with Crippen LogP contribution in [0.3, 0.4) is 0 Å². The molecule has 0 saturated carbocycles. The highest BCUT2D eigenvalue weighted by Crippen LogP contribution is 2.12. The zero-order valence-corrected chi connectivity index (χ0v) is 7.77. The molecule has 1 unspecified atom stereocenters. The maximum absolute atomic E-state index is 10.8. The van der Waals surface area contributed by atoms with Crippen LogP contribution in [0.5, 0.6) is 0 Å². The van der Waals surface area contributed by atoms with Crippen LogP contribution in [0.2, 0.25) is 0 Å². The molecule has 1 aromatic rings. The molecule has 0 aliphatic rings. The van der Waals surface area contributed by atoms with Gasteiger partial charge in [-0.2, -0.15) is 0 Å². The Morgan fingerprint density at radius 1 is 1.43 bits per heavy atom. The zero-order chi connectivity index (χ0) is 10.4. The van der Waals surface area contributed by atoms with E-state index in [0.717, 1.165) is 5.56 Å². The SMILES string of the molecule is CC(=O)NC(OC=O)c1ccccc1. The maximum Gasteiger partial charge on any atom is 0.295 e. The van der Waals surface area contributed by atoms with Gasteiger partial charge in [0.15, 0.2) is 0 Å². The molecule has 1 atom stereocenters. The van der Waals surface area contributed by atoms with Crippen molar-refractivity contribution in [2.24, 2.45) is 0 Å². The molecular weight excluding hydrogens is 182 g/mol. The van der Waals surface area contributed by atoms with Crippen LogP contribution >= 0.6 is 0 Å². The van der Waals surface area contributed by atoms with Gasteiger partial charge in [0.05, 0.1) is 0 Å². The average Bonchev–Trinajstić information content (AvgIpc) is 2.18. The zero-order valence-electron chi connectivity index (χ0n) is 7.77. The molecule has 0 fully saturated rings. The summed E-state index contributed by atoms with van der Waals surface area (Å²) < 4.78 is 4.73.